The molecule has 0 aromatic carbocycles. The number of phosphoric acid groups is 1. The minimum absolute atomic E-state index is 0.0549. The third-order valence-corrected chi connectivity index (χ3v) is 15.0. The van der Waals surface area contributed by atoms with Crippen molar-refractivity contribution >= 4 is 19.8 Å². The lowest BCUT2D eigenvalue weighted by molar-refractivity contribution is -0.161. The van der Waals surface area contributed by atoms with E-state index in [-0.39, 0.29) is 38.6 Å². The van der Waals surface area contributed by atoms with Crippen LogP contribution in [0.3, 0.4) is 0 Å². The van der Waals surface area contributed by atoms with Crippen LogP contribution >= 0.6 is 7.82 Å². The molecule has 0 bridgehead atoms. The minimum atomic E-state index is -4.38. The summed E-state index contributed by atoms with van der Waals surface area (Å²) in [5, 5.41) is 0. The number of carbonyl (C=O) groups is 2. The fourth-order valence-electron chi connectivity index (χ4n) is 9.39. The molecule has 0 heterocycles. The Bertz CT molecular complexity index is 1230. The topological polar surface area (TPSA) is 134 Å². The van der Waals surface area contributed by atoms with Crippen LogP contribution in [0.2, 0.25) is 0 Å². The van der Waals surface area contributed by atoms with Gasteiger partial charge in [-0.25, -0.2) is 4.57 Å². The Morgan fingerprint density at radius 3 is 0.986 bits per heavy atom. The quantitative estimate of drug-likeness (QED) is 0.0264. The second-order valence-electron chi connectivity index (χ2n) is 21.3. The average Bonchev–Trinajstić information content (AvgIpc) is 3.37. The zero-order valence-corrected chi connectivity index (χ0v) is 48.6. The molecular formula is C62H120NO8P. The summed E-state index contributed by atoms with van der Waals surface area (Å²) in [6.45, 7) is 3.78. The maximum absolute atomic E-state index is 12.7. The molecule has 10 heteroatoms. The normalized spacial score (nSPS) is 13.1. The van der Waals surface area contributed by atoms with Crippen molar-refractivity contribution in [2.75, 3.05) is 26.4 Å². The molecule has 72 heavy (non-hydrogen) atoms. The number of rotatable bonds is 60. The van der Waals surface area contributed by atoms with Crippen molar-refractivity contribution in [1.29, 1.82) is 0 Å². The molecule has 9 nitrogen and oxygen atoms in total. The van der Waals surface area contributed by atoms with Crippen LogP contribution in [0, 0.1) is 0 Å². The van der Waals surface area contributed by atoms with Crippen molar-refractivity contribution in [2.45, 2.75) is 335 Å². The van der Waals surface area contributed by atoms with E-state index in [9.17, 15) is 19.0 Å². The van der Waals surface area contributed by atoms with Crippen LogP contribution in [-0.4, -0.2) is 49.3 Å². The number of unbranched alkanes of at least 4 members (excludes halogenated alkanes) is 43. The number of phosphoric ester groups is 1. The van der Waals surface area contributed by atoms with Gasteiger partial charge in [0.05, 0.1) is 13.2 Å². The summed E-state index contributed by atoms with van der Waals surface area (Å²) in [6, 6.07) is 0. The number of esters is 2. The Kier molecular flexibility index (Phi) is 57.5. The lowest BCUT2D eigenvalue weighted by atomic mass is 10.0. The van der Waals surface area contributed by atoms with E-state index in [2.05, 4.69) is 38.2 Å². The van der Waals surface area contributed by atoms with Crippen molar-refractivity contribution in [3.8, 4) is 0 Å². The van der Waals surface area contributed by atoms with E-state index < -0.39 is 26.5 Å². The van der Waals surface area contributed by atoms with Gasteiger partial charge in [0.15, 0.2) is 6.10 Å². The molecule has 0 rings (SSSR count). The van der Waals surface area contributed by atoms with Crippen molar-refractivity contribution < 1.29 is 37.6 Å². The number of hydrogen-bond donors (Lipinski definition) is 2. The molecule has 0 aliphatic rings. The van der Waals surface area contributed by atoms with Gasteiger partial charge >= 0.3 is 19.8 Å². The van der Waals surface area contributed by atoms with Crippen LogP contribution < -0.4 is 5.73 Å². The molecule has 0 saturated carbocycles. The largest absolute Gasteiger partial charge is 0.472 e. The Labute approximate surface area is 446 Å². The highest BCUT2D eigenvalue weighted by Crippen LogP contribution is 2.43. The first-order valence-electron chi connectivity index (χ1n) is 31.3. The minimum Gasteiger partial charge on any atom is -0.462 e. The first kappa shape index (κ1) is 70.5. The lowest BCUT2D eigenvalue weighted by Crippen LogP contribution is -2.29. The smallest absolute Gasteiger partial charge is 0.462 e. The predicted octanol–water partition coefficient (Wildman–Crippen LogP) is 19.8. The molecule has 0 aliphatic heterocycles. The maximum atomic E-state index is 12.7. The molecule has 3 N–H and O–H groups in total. The van der Waals surface area contributed by atoms with E-state index in [4.69, 9.17) is 24.3 Å². The second-order valence-corrected chi connectivity index (χ2v) is 22.7. The highest BCUT2D eigenvalue weighted by atomic mass is 31.2. The third-order valence-electron chi connectivity index (χ3n) is 14.1. The molecule has 426 valence electrons. The van der Waals surface area contributed by atoms with Crippen LogP contribution in [0.15, 0.2) is 24.3 Å². The Morgan fingerprint density at radius 1 is 0.403 bits per heavy atom. The summed E-state index contributed by atoms with van der Waals surface area (Å²) in [7, 11) is -4.38. The average molecular weight is 1040 g/mol. The first-order valence-corrected chi connectivity index (χ1v) is 32.8. The van der Waals surface area contributed by atoms with Crippen LogP contribution in [0.4, 0.5) is 0 Å². The molecule has 0 fully saturated rings. The van der Waals surface area contributed by atoms with Crippen molar-refractivity contribution in [3.05, 3.63) is 24.3 Å². The highest BCUT2D eigenvalue weighted by Gasteiger charge is 2.26. The molecule has 0 spiro atoms. The zero-order valence-electron chi connectivity index (χ0n) is 47.7. The molecular weight excluding hydrogens is 918 g/mol. The standard InChI is InChI=1S/C62H120NO8P/c1-3-5-7-9-11-13-15-17-19-21-22-23-24-25-26-27-28-29-30-31-32-33-34-35-36-37-38-39-41-43-45-47-49-51-53-55-62(65)71-60(59-70-72(66,67)69-57-56-63)58-68-61(64)54-52-50-48-46-44-42-40-20-18-16-14-12-10-8-6-4-2/h20-22,40,60H,3-19,23-39,41-59,63H2,1-2H3,(H,66,67)/b22-21-,40-20-. The number of hydrogen-bond acceptors (Lipinski definition) is 8. The van der Waals surface area contributed by atoms with Gasteiger partial charge in [0, 0.05) is 19.4 Å². The van der Waals surface area contributed by atoms with Crippen LogP contribution in [-0.2, 0) is 32.7 Å². The fourth-order valence-corrected chi connectivity index (χ4v) is 10.2. The molecule has 0 radical (unpaired) electrons. The van der Waals surface area contributed by atoms with Crippen molar-refractivity contribution in [1.82, 2.24) is 0 Å². The summed E-state index contributed by atoms with van der Waals surface area (Å²) in [5.74, 6) is -0.820. The third kappa shape index (κ3) is 57.8. The zero-order chi connectivity index (χ0) is 52.4. The van der Waals surface area contributed by atoms with Gasteiger partial charge < -0.3 is 20.1 Å². The maximum Gasteiger partial charge on any atom is 0.472 e. The summed E-state index contributed by atoms with van der Waals surface area (Å²) < 4.78 is 33.0. The molecule has 0 aromatic rings. The van der Waals surface area contributed by atoms with Gasteiger partial charge in [-0.2, -0.15) is 0 Å². The highest BCUT2D eigenvalue weighted by molar-refractivity contribution is 7.47. The lowest BCUT2D eigenvalue weighted by Gasteiger charge is -2.19. The molecule has 2 atom stereocenters. The van der Waals surface area contributed by atoms with Gasteiger partial charge in [-0.3, -0.25) is 18.6 Å². The van der Waals surface area contributed by atoms with E-state index in [0.717, 1.165) is 51.4 Å². The second kappa shape index (κ2) is 58.7. The van der Waals surface area contributed by atoms with E-state index >= 15 is 0 Å². The van der Waals surface area contributed by atoms with E-state index in [0.29, 0.717) is 6.42 Å². The van der Waals surface area contributed by atoms with E-state index in [1.807, 2.05) is 0 Å². The SMILES string of the molecule is CCCCCCCCC/C=C\CCCCCCCC(=O)OCC(COP(=O)(O)OCCN)OC(=O)CCCCCCCCCCCCCCCCCCCCCCCCC/C=C\CCCCCCCCCC. The Hall–Kier alpha value is -1.51. The number of nitrogens with two attached hydrogens (primary N) is 1. The monoisotopic (exact) mass is 1040 g/mol. The van der Waals surface area contributed by atoms with E-state index in [1.54, 1.807) is 0 Å². The molecule has 0 aliphatic carbocycles. The van der Waals surface area contributed by atoms with Gasteiger partial charge in [0.1, 0.15) is 6.61 Å². The van der Waals surface area contributed by atoms with Gasteiger partial charge in [-0.15, -0.1) is 0 Å². The summed E-state index contributed by atoms with van der Waals surface area (Å²) in [5.41, 5.74) is 5.38. The van der Waals surface area contributed by atoms with Crippen LogP contribution in [0.1, 0.15) is 328 Å². The Balaban J connectivity index is 3.80. The van der Waals surface area contributed by atoms with Gasteiger partial charge in [-0.05, 0) is 64.2 Å². The van der Waals surface area contributed by atoms with Crippen LogP contribution in [0.25, 0.3) is 0 Å². The summed E-state index contributed by atoms with van der Waals surface area (Å²) in [4.78, 5) is 35.2. The number of ether oxygens (including phenoxy) is 2. The van der Waals surface area contributed by atoms with Gasteiger partial charge in [-0.1, -0.05) is 276 Å². The van der Waals surface area contributed by atoms with Crippen LogP contribution in [0.5, 0.6) is 0 Å². The molecule has 2 unspecified atom stereocenters. The fraction of sp³-hybridized carbons (Fsp3) is 0.903. The Morgan fingerprint density at radius 2 is 0.681 bits per heavy atom. The van der Waals surface area contributed by atoms with Gasteiger partial charge in [0.2, 0.25) is 0 Å². The number of allylic oxidation sites excluding steroid dienone is 4. The molecule has 0 saturated heterocycles. The summed E-state index contributed by atoms with van der Waals surface area (Å²) >= 11 is 0. The number of carbonyl (C=O) groups excluding carboxylic acids is 2. The van der Waals surface area contributed by atoms with E-state index in [1.165, 1.54) is 244 Å². The first-order chi connectivity index (χ1) is 35.3. The predicted molar refractivity (Wildman–Crippen MR) is 307 cm³/mol. The molecule has 0 amide bonds. The van der Waals surface area contributed by atoms with Crippen molar-refractivity contribution in [3.63, 3.8) is 0 Å². The van der Waals surface area contributed by atoms with Gasteiger partial charge in [0.25, 0.3) is 0 Å². The summed E-state index contributed by atoms with van der Waals surface area (Å²) in [6.07, 6.45) is 69.8. The molecule has 0 aromatic heterocycles. The van der Waals surface area contributed by atoms with Crippen molar-refractivity contribution in [2.24, 2.45) is 5.73 Å².